The first-order valence-corrected chi connectivity index (χ1v) is 8.02. The standard InChI is InChI=1S/C20H20N2O4/c1-3-4-6-9-13(2)15(14-10-7-5-8-11-14)12-16-21-17(20(25)26)18(23)19(24)22-16/h3-11,15,23H,2,12H2,1H3,(H,25,26)(H,21,22,24). The highest BCUT2D eigenvalue weighted by Crippen LogP contribution is 2.27. The third-order valence-electron chi connectivity index (χ3n) is 3.81. The second-order valence-corrected chi connectivity index (χ2v) is 5.64. The van der Waals surface area contributed by atoms with Crippen LogP contribution in [0.5, 0.6) is 5.75 Å². The molecule has 0 aliphatic carbocycles. The molecule has 0 radical (unpaired) electrons. The second-order valence-electron chi connectivity index (χ2n) is 5.64. The molecule has 1 heterocycles. The van der Waals surface area contributed by atoms with Gasteiger partial charge in [0.15, 0.2) is 5.69 Å². The minimum atomic E-state index is -1.46. The summed E-state index contributed by atoms with van der Waals surface area (Å²) in [5.74, 6) is -2.41. The zero-order valence-electron chi connectivity index (χ0n) is 14.3. The summed E-state index contributed by atoms with van der Waals surface area (Å²) in [7, 11) is 0. The Balaban J connectivity index is 2.43. The van der Waals surface area contributed by atoms with Crippen LogP contribution in [0.3, 0.4) is 0 Å². The van der Waals surface area contributed by atoms with E-state index >= 15 is 0 Å². The summed E-state index contributed by atoms with van der Waals surface area (Å²) < 4.78 is 0. The Hall–Kier alpha value is -3.41. The van der Waals surface area contributed by atoms with Crippen LogP contribution < -0.4 is 5.56 Å². The fourth-order valence-corrected chi connectivity index (χ4v) is 2.51. The average Bonchev–Trinajstić information content (AvgIpc) is 2.63. The number of allylic oxidation sites excluding steroid dienone is 5. The number of hydrogen-bond donors (Lipinski definition) is 3. The first-order chi connectivity index (χ1) is 12.4. The number of H-pyrrole nitrogens is 1. The smallest absolute Gasteiger partial charge is 0.358 e. The molecule has 26 heavy (non-hydrogen) atoms. The van der Waals surface area contributed by atoms with Gasteiger partial charge < -0.3 is 15.2 Å². The number of carboxylic acids is 1. The lowest BCUT2D eigenvalue weighted by atomic mass is 9.88. The summed E-state index contributed by atoms with van der Waals surface area (Å²) in [6.07, 6.45) is 7.71. The summed E-state index contributed by atoms with van der Waals surface area (Å²) >= 11 is 0. The van der Waals surface area contributed by atoms with E-state index in [1.807, 2.05) is 61.6 Å². The zero-order chi connectivity index (χ0) is 19.1. The van der Waals surface area contributed by atoms with Crippen LogP contribution in [-0.4, -0.2) is 26.2 Å². The average molecular weight is 352 g/mol. The van der Waals surface area contributed by atoms with Gasteiger partial charge in [0.05, 0.1) is 0 Å². The van der Waals surface area contributed by atoms with Crippen molar-refractivity contribution in [3.05, 3.63) is 94.2 Å². The minimum Gasteiger partial charge on any atom is -0.501 e. The number of aromatic hydroxyl groups is 1. The van der Waals surface area contributed by atoms with Crippen molar-refractivity contribution < 1.29 is 15.0 Å². The third kappa shape index (κ3) is 4.57. The molecular formula is C20H20N2O4. The van der Waals surface area contributed by atoms with Gasteiger partial charge in [0.25, 0.3) is 5.56 Å². The van der Waals surface area contributed by atoms with Gasteiger partial charge in [-0.25, -0.2) is 9.78 Å². The molecule has 0 saturated carbocycles. The monoisotopic (exact) mass is 352 g/mol. The van der Waals surface area contributed by atoms with Gasteiger partial charge in [-0.15, -0.1) is 0 Å². The second kappa shape index (κ2) is 8.62. The van der Waals surface area contributed by atoms with Gasteiger partial charge in [-0.1, -0.05) is 61.2 Å². The Morgan fingerprint density at radius 1 is 1.31 bits per heavy atom. The van der Waals surface area contributed by atoms with E-state index in [-0.39, 0.29) is 18.2 Å². The van der Waals surface area contributed by atoms with Crippen molar-refractivity contribution in [3.8, 4) is 5.75 Å². The molecule has 0 aliphatic rings. The molecule has 0 amide bonds. The molecule has 2 rings (SSSR count). The van der Waals surface area contributed by atoms with Crippen LogP contribution in [0.1, 0.15) is 34.7 Å². The van der Waals surface area contributed by atoms with E-state index in [1.165, 1.54) is 0 Å². The number of benzene rings is 1. The molecule has 0 aliphatic heterocycles. The Kier molecular flexibility index (Phi) is 6.27. The minimum absolute atomic E-state index is 0.166. The Morgan fingerprint density at radius 3 is 2.62 bits per heavy atom. The van der Waals surface area contributed by atoms with E-state index in [9.17, 15) is 14.7 Å². The molecule has 1 aromatic heterocycles. The zero-order valence-corrected chi connectivity index (χ0v) is 14.3. The highest BCUT2D eigenvalue weighted by atomic mass is 16.4. The van der Waals surface area contributed by atoms with Gasteiger partial charge in [0.1, 0.15) is 5.82 Å². The quantitative estimate of drug-likeness (QED) is 0.664. The van der Waals surface area contributed by atoms with Crippen molar-refractivity contribution in [2.24, 2.45) is 0 Å². The lowest BCUT2D eigenvalue weighted by Crippen LogP contribution is -2.19. The number of carbonyl (C=O) groups is 1. The molecule has 3 N–H and O–H groups in total. The van der Waals surface area contributed by atoms with E-state index < -0.39 is 23.0 Å². The number of nitrogens with zero attached hydrogens (tertiary/aromatic N) is 1. The van der Waals surface area contributed by atoms with Crippen LogP contribution in [-0.2, 0) is 6.42 Å². The SMILES string of the molecule is C=C(C=CC=CC)C(Cc1nc(C(=O)O)c(O)c(=O)[nH]1)c1ccccc1. The number of aromatic carboxylic acids is 1. The lowest BCUT2D eigenvalue weighted by Gasteiger charge is -2.18. The summed E-state index contributed by atoms with van der Waals surface area (Å²) in [6.45, 7) is 5.99. The molecule has 0 saturated heterocycles. The fraction of sp³-hybridized carbons (Fsp3) is 0.150. The molecule has 1 unspecified atom stereocenters. The molecule has 6 nitrogen and oxygen atoms in total. The number of aromatic nitrogens is 2. The maximum atomic E-state index is 11.8. The molecule has 0 bridgehead atoms. The van der Waals surface area contributed by atoms with Gasteiger partial charge in [-0.2, -0.15) is 0 Å². The number of rotatable bonds is 7. The predicted molar refractivity (Wildman–Crippen MR) is 99.5 cm³/mol. The van der Waals surface area contributed by atoms with Crippen LogP contribution in [0.15, 0.2) is 71.6 Å². The van der Waals surface area contributed by atoms with Crippen molar-refractivity contribution >= 4 is 5.97 Å². The summed E-state index contributed by atoms with van der Waals surface area (Å²) in [5, 5.41) is 18.7. The number of carboxylic acid groups (broad SMARTS) is 1. The Bertz CT molecular complexity index is 911. The molecule has 6 heteroatoms. The maximum absolute atomic E-state index is 11.8. The lowest BCUT2D eigenvalue weighted by molar-refractivity contribution is 0.0686. The number of nitrogens with one attached hydrogen (secondary N) is 1. The molecule has 134 valence electrons. The van der Waals surface area contributed by atoms with Crippen molar-refractivity contribution in [3.63, 3.8) is 0 Å². The van der Waals surface area contributed by atoms with Crippen LogP contribution in [0, 0.1) is 0 Å². The highest BCUT2D eigenvalue weighted by molar-refractivity contribution is 5.88. The van der Waals surface area contributed by atoms with Gasteiger partial charge >= 0.3 is 5.97 Å². The van der Waals surface area contributed by atoms with Crippen molar-refractivity contribution in [2.45, 2.75) is 19.3 Å². The van der Waals surface area contributed by atoms with Crippen LogP contribution in [0.2, 0.25) is 0 Å². The molecule has 0 fully saturated rings. The van der Waals surface area contributed by atoms with Gasteiger partial charge in [-0.05, 0) is 18.1 Å². The number of aromatic amines is 1. The normalized spacial score (nSPS) is 12.5. The van der Waals surface area contributed by atoms with Crippen LogP contribution in [0.25, 0.3) is 0 Å². The largest absolute Gasteiger partial charge is 0.501 e. The van der Waals surface area contributed by atoms with Crippen LogP contribution >= 0.6 is 0 Å². The van der Waals surface area contributed by atoms with Gasteiger partial charge in [0, 0.05) is 12.3 Å². The van der Waals surface area contributed by atoms with Crippen molar-refractivity contribution in [1.82, 2.24) is 9.97 Å². The molecule has 2 aromatic rings. The predicted octanol–water partition coefficient (Wildman–Crippen LogP) is 3.19. The highest BCUT2D eigenvalue weighted by Gasteiger charge is 2.20. The molecular weight excluding hydrogens is 332 g/mol. The van der Waals surface area contributed by atoms with Crippen molar-refractivity contribution in [1.29, 1.82) is 0 Å². The first-order valence-electron chi connectivity index (χ1n) is 8.02. The van der Waals surface area contributed by atoms with Crippen LogP contribution in [0.4, 0.5) is 0 Å². The van der Waals surface area contributed by atoms with Crippen molar-refractivity contribution in [2.75, 3.05) is 0 Å². The van der Waals surface area contributed by atoms with E-state index in [0.717, 1.165) is 11.1 Å². The van der Waals surface area contributed by atoms with E-state index in [4.69, 9.17) is 5.11 Å². The Morgan fingerprint density at radius 2 is 2.00 bits per heavy atom. The van der Waals surface area contributed by atoms with E-state index in [1.54, 1.807) is 0 Å². The number of hydrogen-bond acceptors (Lipinski definition) is 4. The van der Waals surface area contributed by atoms with E-state index in [0.29, 0.717) is 0 Å². The Labute approximate surface area is 150 Å². The third-order valence-corrected chi connectivity index (χ3v) is 3.81. The van der Waals surface area contributed by atoms with Gasteiger partial charge in [-0.3, -0.25) is 4.79 Å². The van der Waals surface area contributed by atoms with Gasteiger partial charge in [0.2, 0.25) is 5.75 Å². The maximum Gasteiger partial charge on any atom is 0.358 e. The van der Waals surface area contributed by atoms with E-state index in [2.05, 4.69) is 16.5 Å². The topological polar surface area (TPSA) is 103 Å². The molecule has 1 atom stereocenters. The fourth-order valence-electron chi connectivity index (χ4n) is 2.51. The molecule has 1 aromatic carbocycles. The molecule has 0 spiro atoms. The summed E-state index contributed by atoms with van der Waals surface area (Å²) in [6, 6.07) is 9.52. The first kappa shape index (κ1) is 18.9. The summed E-state index contributed by atoms with van der Waals surface area (Å²) in [4.78, 5) is 29.3. The summed E-state index contributed by atoms with van der Waals surface area (Å²) in [5.41, 5.74) is 0.192.